The molecule has 10 nitrogen and oxygen atoms in total. The van der Waals surface area contributed by atoms with Crippen LogP contribution in [0, 0.1) is 11.8 Å². The van der Waals surface area contributed by atoms with Crippen molar-refractivity contribution in [1.82, 2.24) is 4.90 Å². The molecule has 0 fully saturated rings. The standard InChI is InChI=1S/C52H95NO9/c1-6-11-14-16-17-18-19-20-21-22-23-24-25-28-32-39-50(55)60-44-48(46-62-52(57)58-42-35-41-53(9-4)10-5)45-61-51(56)40-34-30-27-26-29-33-38-49(54)59-43-47(36-13-8-3)37-31-15-12-7-2/h17-18,20-21,47-48H,6-16,19,22-46H2,1-5H3/b18-17-,21-20-. The Bertz CT molecular complexity index is 1110. The van der Waals surface area contributed by atoms with Gasteiger partial charge in [0.15, 0.2) is 0 Å². The van der Waals surface area contributed by atoms with Crippen LogP contribution < -0.4 is 0 Å². The van der Waals surface area contributed by atoms with Gasteiger partial charge in [0.05, 0.1) is 19.1 Å². The van der Waals surface area contributed by atoms with Gasteiger partial charge in [0, 0.05) is 25.8 Å². The number of hydrogen-bond donors (Lipinski definition) is 0. The van der Waals surface area contributed by atoms with Crippen LogP contribution in [-0.2, 0) is 38.1 Å². The van der Waals surface area contributed by atoms with E-state index in [-0.39, 0.29) is 44.3 Å². The minimum absolute atomic E-state index is 0.00630. The Labute approximate surface area is 380 Å². The van der Waals surface area contributed by atoms with Crippen molar-refractivity contribution in [3.05, 3.63) is 24.3 Å². The predicted octanol–water partition coefficient (Wildman–Crippen LogP) is 13.8. The number of hydrogen-bond acceptors (Lipinski definition) is 10. The van der Waals surface area contributed by atoms with Crippen molar-refractivity contribution < 1.29 is 42.9 Å². The number of carbonyl (C=O) groups excluding carboxylic acids is 4. The largest absolute Gasteiger partial charge is 0.508 e. The molecule has 0 bridgehead atoms. The number of esters is 3. The molecule has 0 rings (SSSR count). The zero-order valence-electron chi connectivity index (χ0n) is 40.7. The van der Waals surface area contributed by atoms with Gasteiger partial charge in [-0.1, -0.05) is 155 Å². The Morgan fingerprint density at radius 3 is 1.35 bits per heavy atom. The summed E-state index contributed by atoms with van der Waals surface area (Å²) in [6.07, 6.45) is 37.3. The third-order valence-corrected chi connectivity index (χ3v) is 11.4. The van der Waals surface area contributed by atoms with E-state index in [1.54, 1.807) is 0 Å². The third kappa shape index (κ3) is 41.1. The van der Waals surface area contributed by atoms with Crippen molar-refractivity contribution in [2.75, 3.05) is 52.7 Å². The Hall–Kier alpha value is -2.88. The lowest BCUT2D eigenvalue weighted by Gasteiger charge is -2.18. The van der Waals surface area contributed by atoms with Crippen molar-refractivity contribution in [2.45, 2.75) is 221 Å². The summed E-state index contributed by atoms with van der Waals surface area (Å²) in [5, 5.41) is 0. The van der Waals surface area contributed by atoms with Crippen molar-refractivity contribution in [1.29, 1.82) is 0 Å². The fourth-order valence-electron chi connectivity index (χ4n) is 7.19. The van der Waals surface area contributed by atoms with Gasteiger partial charge in [-0.15, -0.1) is 0 Å². The lowest BCUT2D eigenvalue weighted by Crippen LogP contribution is -2.27. The highest BCUT2D eigenvalue weighted by molar-refractivity contribution is 5.70. The molecule has 0 aromatic heterocycles. The van der Waals surface area contributed by atoms with Crippen LogP contribution in [0.2, 0.25) is 0 Å². The molecule has 0 amide bonds. The summed E-state index contributed by atoms with van der Waals surface area (Å²) in [7, 11) is 0. The van der Waals surface area contributed by atoms with Gasteiger partial charge in [-0.2, -0.15) is 0 Å². The molecule has 0 aromatic carbocycles. The average molecular weight is 878 g/mol. The monoisotopic (exact) mass is 878 g/mol. The smallest absolute Gasteiger partial charge is 0.465 e. The highest BCUT2D eigenvalue weighted by Gasteiger charge is 2.19. The van der Waals surface area contributed by atoms with E-state index in [0.717, 1.165) is 110 Å². The number of carbonyl (C=O) groups is 4. The molecule has 0 aliphatic carbocycles. The molecule has 2 unspecified atom stereocenters. The normalized spacial score (nSPS) is 12.5. The lowest BCUT2D eigenvalue weighted by molar-refractivity contribution is -0.150. The third-order valence-electron chi connectivity index (χ3n) is 11.4. The minimum Gasteiger partial charge on any atom is -0.465 e. The SMILES string of the molecule is CCCCC/C=C\C/C=C\CCCCCCCC(=O)OCC(COC(=O)CCCCCCCCC(=O)OCC(CCCC)CCCCCC)COC(=O)OCCCN(CC)CC. The molecule has 0 spiro atoms. The van der Waals surface area contributed by atoms with Crippen LogP contribution in [0.4, 0.5) is 4.79 Å². The van der Waals surface area contributed by atoms with Crippen LogP contribution in [0.5, 0.6) is 0 Å². The fourth-order valence-corrected chi connectivity index (χ4v) is 7.19. The van der Waals surface area contributed by atoms with Crippen LogP contribution >= 0.6 is 0 Å². The second-order valence-corrected chi connectivity index (χ2v) is 17.2. The number of rotatable bonds is 45. The Morgan fingerprint density at radius 1 is 0.419 bits per heavy atom. The molecule has 362 valence electrons. The average Bonchev–Trinajstić information content (AvgIpc) is 3.27. The fraction of sp³-hybridized carbons (Fsp3) is 0.846. The van der Waals surface area contributed by atoms with Gasteiger partial charge in [-0.3, -0.25) is 14.4 Å². The quantitative estimate of drug-likeness (QED) is 0.0253. The molecule has 2 atom stereocenters. The topological polar surface area (TPSA) is 118 Å². The zero-order valence-corrected chi connectivity index (χ0v) is 40.7. The molecule has 62 heavy (non-hydrogen) atoms. The van der Waals surface area contributed by atoms with E-state index >= 15 is 0 Å². The first kappa shape index (κ1) is 59.1. The first-order valence-corrected chi connectivity index (χ1v) is 25.6. The maximum atomic E-state index is 12.6. The molecular weight excluding hydrogens is 783 g/mol. The molecule has 0 saturated carbocycles. The lowest BCUT2D eigenvalue weighted by atomic mass is 9.96. The molecule has 0 heterocycles. The van der Waals surface area contributed by atoms with E-state index in [1.165, 1.54) is 64.2 Å². The summed E-state index contributed by atoms with van der Waals surface area (Å²) in [6.45, 7) is 14.3. The van der Waals surface area contributed by atoms with E-state index in [9.17, 15) is 19.2 Å². The minimum atomic E-state index is -0.779. The molecule has 10 heteroatoms. The van der Waals surface area contributed by atoms with E-state index in [0.29, 0.717) is 44.6 Å². The molecule has 0 N–H and O–H groups in total. The van der Waals surface area contributed by atoms with Gasteiger partial charge in [-0.25, -0.2) is 4.79 Å². The van der Waals surface area contributed by atoms with E-state index < -0.39 is 12.1 Å². The Kier molecular flexibility index (Phi) is 44.0. The van der Waals surface area contributed by atoms with E-state index in [2.05, 4.69) is 63.8 Å². The van der Waals surface area contributed by atoms with Crippen LogP contribution in [0.15, 0.2) is 24.3 Å². The summed E-state index contributed by atoms with van der Waals surface area (Å²) < 4.78 is 27.3. The summed E-state index contributed by atoms with van der Waals surface area (Å²) in [6, 6.07) is 0. The Balaban J connectivity index is 4.45. The van der Waals surface area contributed by atoms with Crippen molar-refractivity contribution in [3.8, 4) is 0 Å². The highest BCUT2D eigenvalue weighted by Crippen LogP contribution is 2.19. The Morgan fingerprint density at radius 2 is 0.839 bits per heavy atom. The summed E-state index contributed by atoms with van der Waals surface area (Å²) in [5.41, 5.74) is 0. The molecule has 0 aromatic rings. The second-order valence-electron chi connectivity index (χ2n) is 17.2. The number of allylic oxidation sites excluding steroid dienone is 4. The molecule has 0 saturated heterocycles. The van der Waals surface area contributed by atoms with Gasteiger partial charge >= 0.3 is 24.1 Å². The molecule has 0 radical (unpaired) electrons. The molecular formula is C52H95NO9. The van der Waals surface area contributed by atoms with Crippen molar-refractivity contribution in [2.24, 2.45) is 11.8 Å². The van der Waals surface area contributed by atoms with Crippen LogP contribution in [0.3, 0.4) is 0 Å². The van der Waals surface area contributed by atoms with Gasteiger partial charge < -0.3 is 28.6 Å². The van der Waals surface area contributed by atoms with Crippen LogP contribution in [0.25, 0.3) is 0 Å². The van der Waals surface area contributed by atoms with Crippen molar-refractivity contribution >= 4 is 24.1 Å². The molecule has 0 aliphatic heterocycles. The van der Waals surface area contributed by atoms with E-state index in [1.807, 2.05) is 0 Å². The van der Waals surface area contributed by atoms with Crippen LogP contribution in [0.1, 0.15) is 221 Å². The number of nitrogens with zero attached hydrogens (tertiary/aromatic N) is 1. The maximum absolute atomic E-state index is 12.6. The number of ether oxygens (including phenoxy) is 5. The predicted molar refractivity (Wildman–Crippen MR) is 254 cm³/mol. The van der Waals surface area contributed by atoms with Gasteiger partial charge in [0.2, 0.25) is 0 Å². The highest BCUT2D eigenvalue weighted by atomic mass is 16.7. The second kappa shape index (κ2) is 46.1. The summed E-state index contributed by atoms with van der Waals surface area (Å²) >= 11 is 0. The van der Waals surface area contributed by atoms with Crippen molar-refractivity contribution in [3.63, 3.8) is 0 Å². The summed E-state index contributed by atoms with van der Waals surface area (Å²) in [4.78, 5) is 52.1. The maximum Gasteiger partial charge on any atom is 0.508 e. The zero-order chi connectivity index (χ0) is 45.6. The summed E-state index contributed by atoms with van der Waals surface area (Å²) in [5.74, 6) is -0.712. The van der Waals surface area contributed by atoms with Crippen LogP contribution in [-0.4, -0.2) is 81.6 Å². The van der Waals surface area contributed by atoms with Gasteiger partial charge in [0.1, 0.15) is 19.8 Å². The number of unbranched alkanes of at least 4 members (excludes halogenated alkanes) is 17. The first-order chi connectivity index (χ1) is 30.3. The molecule has 0 aliphatic rings. The van der Waals surface area contributed by atoms with E-state index in [4.69, 9.17) is 23.7 Å². The van der Waals surface area contributed by atoms with Gasteiger partial charge in [0.25, 0.3) is 0 Å². The first-order valence-electron chi connectivity index (χ1n) is 25.6. The van der Waals surface area contributed by atoms with Gasteiger partial charge in [-0.05, 0) is 89.6 Å².